The maximum absolute atomic E-state index is 3.86. The molecular weight excluding hydrogens is 624 g/mol. The van der Waals surface area contributed by atoms with Gasteiger partial charge in [-0.3, -0.25) is 0 Å². The van der Waals surface area contributed by atoms with Crippen LogP contribution in [0.15, 0.2) is 44.0 Å². The van der Waals surface area contributed by atoms with Crippen molar-refractivity contribution in [2.45, 2.75) is 78.1 Å². The zero-order chi connectivity index (χ0) is 23.9. The molecule has 0 aliphatic carbocycles. The summed E-state index contributed by atoms with van der Waals surface area (Å²) in [5, 5.41) is 0. The predicted molar refractivity (Wildman–Crippen MR) is 165 cm³/mol. The van der Waals surface area contributed by atoms with Gasteiger partial charge in [0.05, 0.1) is 7.57 Å². The van der Waals surface area contributed by atoms with Crippen LogP contribution < -0.4 is 0 Å². The second-order valence-electron chi connectivity index (χ2n) is 8.75. The Morgan fingerprint density at radius 1 is 0.529 bits per heavy atom. The first-order valence-corrected chi connectivity index (χ1v) is 17.2. The van der Waals surface area contributed by atoms with E-state index in [-0.39, 0.29) is 0 Å². The van der Waals surface area contributed by atoms with Crippen LogP contribution in [-0.4, -0.2) is 0 Å². The van der Waals surface area contributed by atoms with Crippen LogP contribution in [0.3, 0.4) is 0 Å². The third kappa shape index (κ3) is 6.95. The highest BCUT2D eigenvalue weighted by molar-refractivity contribution is 9.11. The van der Waals surface area contributed by atoms with Crippen molar-refractivity contribution in [2.75, 3.05) is 0 Å². The van der Waals surface area contributed by atoms with Crippen LogP contribution in [0.4, 0.5) is 0 Å². The first-order chi connectivity index (χ1) is 16.6. The van der Waals surface area contributed by atoms with Crippen molar-refractivity contribution in [3.8, 4) is 30.6 Å². The summed E-state index contributed by atoms with van der Waals surface area (Å²) in [6.07, 6.45) is 13.0. The van der Waals surface area contributed by atoms with Gasteiger partial charge in [-0.2, -0.15) is 0 Å². The first-order valence-electron chi connectivity index (χ1n) is 12.4. The van der Waals surface area contributed by atoms with Crippen LogP contribution >= 0.6 is 77.2 Å². The number of aryl methyl sites for hydroxylation is 2. The summed E-state index contributed by atoms with van der Waals surface area (Å²) in [6, 6.07) is 14.0. The van der Waals surface area contributed by atoms with Crippen LogP contribution in [0.2, 0.25) is 0 Å². The second kappa shape index (κ2) is 13.3. The largest absolute Gasteiger partial charge is 0.140 e. The van der Waals surface area contributed by atoms with E-state index in [2.05, 4.69) is 82.1 Å². The zero-order valence-electron chi connectivity index (χ0n) is 19.9. The number of halogens is 2. The van der Waals surface area contributed by atoms with E-state index >= 15 is 0 Å². The Hall–Kier alpha value is -0.240. The molecule has 4 rings (SSSR count). The van der Waals surface area contributed by atoms with E-state index in [1.54, 1.807) is 0 Å². The van der Waals surface area contributed by atoms with Gasteiger partial charge >= 0.3 is 0 Å². The third-order valence-corrected chi connectivity index (χ3v) is 12.2. The molecule has 4 aromatic heterocycles. The van der Waals surface area contributed by atoms with E-state index in [9.17, 15) is 0 Å². The quantitative estimate of drug-likeness (QED) is 0.126. The summed E-state index contributed by atoms with van der Waals surface area (Å²) in [6.45, 7) is 4.55. The summed E-state index contributed by atoms with van der Waals surface area (Å²) in [5.41, 5.74) is 2.67. The normalized spacial score (nSPS) is 11.5. The fraction of sp³-hybridized carbons (Fsp3) is 0.429. The molecule has 0 aliphatic heterocycles. The van der Waals surface area contributed by atoms with Gasteiger partial charge in [0.1, 0.15) is 0 Å². The Morgan fingerprint density at radius 2 is 0.971 bits per heavy atom. The maximum Gasteiger partial charge on any atom is 0.0791 e. The molecule has 0 bridgehead atoms. The molecule has 0 saturated heterocycles. The minimum absolute atomic E-state index is 1.21. The van der Waals surface area contributed by atoms with Crippen molar-refractivity contribution < 1.29 is 0 Å². The van der Waals surface area contributed by atoms with Crippen molar-refractivity contribution in [1.29, 1.82) is 0 Å². The molecule has 0 spiro atoms. The fourth-order valence-corrected chi connectivity index (χ4v) is 10.2. The summed E-state index contributed by atoms with van der Waals surface area (Å²) in [4.78, 5) is 8.45. The lowest BCUT2D eigenvalue weighted by atomic mass is 10.1. The van der Waals surface area contributed by atoms with E-state index in [0.717, 1.165) is 0 Å². The molecule has 4 heterocycles. The van der Waals surface area contributed by atoms with Gasteiger partial charge in [0.2, 0.25) is 0 Å². The van der Waals surface area contributed by atoms with Gasteiger partial charge in [0.25, 0.3) is 0 Å². The van der Waals surface area contributed by atoms with Gasteiger partial charge in [0, 0.05) is 40.4 Å². The van der Waals surface area contributed by atoms with E-state index in [4.69, 9.17) is 0 Å². The van der Waals surface area contributed by atoms with Crippen molar-refractivity contribution in [1.82, 2.24) is 0 Å². The van der Waals surface area contributed by atoms with Gasteiger partial charge in [0.15, 0.2) is 0 Å². The van der Waals surface area contributed by atoms with E-state index in [1.807, 2.05) is 45.3 Å². The molecule has 0 aliphatic rings. The van der Waals surface area contributed by atoms with Crippen LogP contribution in [0.1, 0.15) is 75.0 Å². The molecule has 0 aromatic carbocycles. The smallest absolute Gasteiger partial charge is 0.0791 e. The van der Waals surface area contributed by atoms with Gasteiger partial charge in [-0.05, 0) is 93.9 Å². The molecule has 182 valence electrons. The Bertz CT molecular complexity index is 1080. The SMILES string of the molecule is CCCCCCc1ccc(-c2cc(-c3cc(-c4ccc(CCCCCC)s4)c(Br)s3)sc2Br)s1. The van der Waals surface area contributed by atoms with Gasteiger partial charge in [-0.1, -0.05) is 52.4 Å². The average molecular weight is 657 g/mol. The third-order valence-electron chi connectivity index (χ3n) is 6.02. The van der Waals surface area contributed by atoms with Crippen LogP contribution in [-0.2, 0) is 12.8 Å². The molecule has 0 unspecified atom stereocenters. The summed E-state index contributed by atoms with van der Waals surface area (Å²) >= 11 is 15.3. The van der Waals surface area contributed by atoms with Crippen LogP contribution in [0.5, 0.6) is 0 Å². The highest BCUT2D eigenvalue weighted by atomic mass is 79.9. The van der Waals surface area contributed by atoms with Crippen molar-refractivity contribution in [3.05, 3.63) is 53.7 Å². The second-order valence-corrected chi connectivity index (χ2v) is 15.8. The van der Waals surface area contributed by atoms with E-state index < -0.39 is 0 Å². The van der Waals surface area contributed by atoms with E-state index in [1.165, 1.54) is 112 Å². The van der Waals surface area contributed by atoms with Gasteiger partial charge in [-0.15, -0.1) is 45.3 Å². The highest BCUT2D eigenvalue weighted by Crippen LogP contribution is 2.48. The lowest BCUT2D eigenvalue weighted by Crippen LogP contribution is -1.80. The Morgan fingerprint density at radius 3 is 1.38 bits per heavy atom. The average Bonchev–Trinajstić information content (AvgIpc) is 3.61. The number of hydrogen-bond donors (Lipinski definition) is 0. The Labute approximate surface area is 237 Å². The Kier molecular flexibility index (Phi) is 10.5. The minimum Gasteiger partial charge on any atom is -0.140 e. The topological polar surface area (TPSA) is 0 Å². The van der Waals surface area contributed by atoms with E-state index in [0.29, 0.717) is 0 Å². The Balaban J connectivity index is 1.46. The summed E-state index contributed by atoms with van der Waals surface area (Å²) in [7, 11) is 0. The molecule has 0 fully saturated rings. The maximum atomic E-state index is 3.86. The molecule has 0 nitrogen and oxygen atoms in total. The lowest BCUT2D eigenvalue weighted by Gasteiger charge is -1.97. The monoisotopic (exact) mass is 654 g/mol. The molecule has 0 amide bonds. The predicted octanol–water partition coefficient (Wildman–Crippen LogP) is 12.7. The minimum atomic E-state index is 1.21. The molecule has 0 atom stereocenters. The standard InChI is InChI=1S/C28H32Br2S4/c1-3-5-7-9-11-19-13-15-23(31-19)21-17-25(33-27(21)29)26-18-22(28(30)34-26)24-16-14-20(32-24)12-10-8-6-4-2/h13-18H,3-12H2,1-2H3. The number of rotatable bonds is 13. The molecule has 4 aromatic rings. The highest BCUT2D eigenvalue weighted by Gasteiger charge is 2.17. The van der Waals surface area contributed by atoms with Crippen LogP contribution in [0, 0.1) is 0 Å². The first kappa shape index (κ1) is 26.8. The molecule has 0 saturated carbocycles. The van der Waals surface area contributed by atoms with Crippen molar-refractivity contribution in [3.63, 3.8) is 0 Å². The van der Waals surface area contributed by atoms with Crippen molar-refractivity contribution in [2.24, 2.45) is 0 Å². The molecule has 6 heteroatoms. The number of unbranched alkanes of at least 4 members (excludes halogenated alkanes) is 6. The fourth-order valence-electron chi connectivity index (χ4n) is 4.08. The van der Waals surface area contributed by atoms with Crippen molar-refractivity contribution >= 4 is 77.2 Å². The lowest BCUT2D eigenvalue weighted by molar-refractivity contribution is 0.670. The molecule has 0 radical (unpaired) electrons. The number of thiophene rings is 4. The van der Waals surface area contributed by atoms with Gasteiger partial charge in [-0.25, -0.2) is 0 Å². The summed E-state index contributed by atoms with van der Waals surface area (Å²) in [5.74, 6) is 0. The number of hydrogen-bond acceptors (Lipinski definition) is 4. The molecular formula is C28H32Br2S4. The summed E-state index contributed by atoms with van der Waals surface area (Å²) < 4.78 is 2.47. The molecule has 0 N–H and O–H groups in total. The molecule has 34 heavy (non-hydrogen) atoms. The van der Waals surface area contributed by atoms with Gasteiger partial charge < -0.3 is 0 Å². The zero-order valence-corrected chi connectivity index (χ0v) is 26.4. The van der Waals surface area contributed by atoms with Crippen LogP contribution in [0.25, 0.3) is 30.6 Å².